The molecule has 11 nitrogen and oxygen atoms in total. The molecule has 0 bridgehead atoms. The number of hydrogen-bond donors (Lipinski definition) is 1. The van der Waals surface area contributed by atoms with Crippen molar-refractivity contribution in [3.8, 4) is 11.5 Å². The van der Waals surface area contributed by atoms with E-state index in [2.05, 4.69) is 10.5 Å². The highest BCUT2D eigenvalue weighted by Crippen LogP contribution is 2.30. The summed E-state index contributed by atoms with van der Waals surface area (Å²) < 4.78 is 19.8. The van der Waals surface area contributed by atoms with Crippen LogP contribution in [0.3, 0.4) is 0 Å². The molecule has 1 amide bonds. The van der Waals surface area contributed by atoms with Crippen LogP contribution < -0.4 is 14.8 Å². The van der Waals surface area contributed by atoms with Crippen LogP contribution in [0.5, 0.6) is 11.5 Å². The van der Waals surface area contributed by atoms with Crippen molar-refractivity contribution in [1.82, 2.24) is 5.16 Å². The molecule has 0 aliphatic heterocycles. The molecular weight excluding hydrogens is 374 g/mol. The monoisotopic (exact) mass is 393 g/mol. The average molecular weight is 393 g/mol. The molecule has 0 atom stereocenters. The van der Waals surface area contributed by atoms with Gasteiger partial charge in [-0.1, -0.05) is 19.0 Å². The molecule has 11 heteroatoms. The van der Waals surface area contributed by atoms with Gasteiger partial charge in [0.2, 0.25) is 11.6 Å². The lowest BCUT2D eigenvalue weighted by molar-refractivity contribution is -0.385. The first-order chi connectivity index (χ1) is 13.3. The lowest BCUT2D eigenvalue weighted by Gasteiger charge is -2.08. The van der Waals surface area contributed by atoms with Gasteiger partial charge in [0, 0.05) is 18.2 Å². The number of nitro benzene ring substituents is 1. The molecule has 0 radical (unpaired) electrons. The molecule has 0 spiro atoms. The molecule has 0 saturated heterocycles. The fourth-order valence-electron chi connectivity index (χ4n) is 2.02. The van der Waals surface area contributed by atoms with Crippen molar-refractivity contribution in [3.63, 3.8) is 0 Å². The molecule has 150 valence electrons. The third-order valence-corrected chi connectivity index (χ3v) is 3.45. The Balaban J connectivity index is 1.79. The number of ether oxygens (including phenoxy) is 3. The number of aromatic nitrogens is 1. The topological polar surface area (TPSA) is 143 Å². The maximum absolute atomic E-state index is 11.8. The summed E-state index contributed by atoms with van der Waals surface area (Å²) in [5.41, 5.74) is 0.446. The van der Waals surface area contributed by atoms with Crippen LogP contribution in [0.15, 0.2) is 28.8 Å². The predicted molar refractivity (Wildman–Crippen MR) is 95.3 cm³/mol. The van der Waals surface area contributed by atoms with E-state index < -0.39 is 30.0 Å². The summed E-state index contributed by atoms with van der Waals surface area (Å²) in [5.74, 6) is -0.944. The lowest BCUT2D eigenvalue weighted by atomic mass is 10.1. The molecular formula is C17H19N3O8. The fourth-order valence-corrected chi connectivity index (χ4v) is 2.02. The quantitative estimate of drug-likeness (QED) is 0.385. The number of rotatable bonds is 9. The van der Waals surface area contributed by atoms with E-state index in [9.17, 15) is 19.7 Å². The number of anilines is 1. The number of carbonyl (C=O) groups excluding carboxylic acids is 2. The second kappa shape index (κ2) is 9.35. The Labute approximate surface area is 159 Å². The number of methoxy groups -OCH3 is 1. The minimum atomic E-state index is -0.798. The molecule has 0 fully saturated rings. The summed E-state index contributed by atoms with van der Waals surface area (Å²) in [4.78, 5) is 33.7. The SMILES string of the molecule is COc1cc(OCC(=O)OCC(=O)Nc2cc(C(C)C)no2)ccc1[N+](=O)[O-]. The highest BCUT2D eigenvalue weighted by Gasteiger charge is 2.16. The number of nitro groups is 1. The normalized spacial score (nSPS) is 10.4. The number of benzene rings is 1. The molecule has 1 aromatic carbocycles. The number of hydrogen-bond acceptors (Lipinski definition) is 9. The van der Waals surface area contributed by atoms with Crippen LogP contribution >= 0.6 is 0 Å². The second-order valence-electron chi connectivity index (χ2n) is 5.86. The Morgan fingerprint density at radius 2 is 2.04 bits per heavy atom. The highest BCUT2D eigenvalue weighted by atomic mass is 16.6. The lowest BCUT2D eigenvalue weighted by Crippen LogP contribution is -2.23. The summed E-state index contributed by atoms with van der Waals surface area (Å²) in [7, 11) is 1.28. The van der Waals surface area contributed by atoms with Crippen LogP contribution in [0.25, 0.3) is 0 Å². The Morgan fingerprint density at radius 1 is 1.29 bits per heavy atom. The second-order valence-corrected chi connectivity index (χ2v) is 5.86. The molecule has 2 aromatic rings. The predicted octanol–water partition coefficient (Wildman–Crippen LogP) is 2.28. The number of esters is 1. The van der Waals surface area contributed by atoms with Crippen LogP contribution in [-0.2, 0) is 14.3 Å². The van der Waals surface area contributed by atoms with Crippen molar-refractivity contribution in [3.05, 3.63) is 40.1 Å². The van der Waals surface area contributed by atoms with Gasteiger partial charge >= 0.3 is 11.7 Å². The maximum atomic E-state index is 11.8. The van der Waals surface area contributed by atoms with Crippen molar-refractivity contribution >= 4 is 23.4 Å². The molecule has 0 saturated carbocycles. The molecule has 28 heavy (non-hydrogen) atoms. The van der Waals surface area contributed by atoms with Crippen molar-refractivity contribution in [1.29, 1.82) is 0 Å². The number of nitrogens with zero attached hydrogens (tertiary/aromatic N) is 2. The minimum Gasteiger partial charge on any atom is -0.490 e. The zero-order chi connectivity index (χ0) is 20.7. The third kappa shape index (κ3) is 5.69. The van der Waals surface area contributed by atoms with E-state index in [0.717, 1.165) is 0 Å². The van der Waals surface area contributed by atoms with Crippen molar-refractivity contribution < 1.29 is 33.2 Å². The minimum absolute atomic E-state index is 0.0110. The summed E-state index contributed by atoms with van der Waals surface area (Å²) in [6.07, 6.45) is 0. The summed E-state index contributed by atoms with van der Waals surface area (Å²) in [6.45, 7) is 2.81. The van der Waals surface area contributed by atoms with Crippen LogP contribution in [0.4, 0.5) is 11.6 Å². The molecule has 0 unspecified atom stereocenters. The molecule has 1 heterocycles. The van der Waals surface area contributed by atoms with E-state index in [1.165, 1.54) is 25.3 Å². The molecule has 0 aliphatic carbocycles. The van der Waals surface area contributed by atoms with Gasteiger partial charge in [-0.05, 0) is 12.0 Å². The Bertz CT molecular complexity index is 862. The number of nitrogens with one attached hydrogen (secondary N) is 1. The van der Waals surface area contributed by atoms with Gasteiger partial charge in [-0.25, -0.2) is 4.79 Å². The summed E-state index contributed by atoms with van der Waals surface area (Å²) >= 11 is 0. The van der Waals surface area contributed by atoms with E-state index in [1.807, 2.05) is 13.8 Å². The van der Waals surface area contributed by atoms with Gasteiger partial charge in [-0.3, -0.25) is 20.2 Å². The van der Waals surface area contributed by atoms with Gasteiger partial charge in [-0.2, -0.15) is 0 Å². The third-order valence-electron chi connectivity index (χ3n) is 3.45. The first-order valence-electron chi connectivity index (χ1n) is 8.17. The fraction of sp³-hybridized carbons (Fsp3) is 0.353. The molecule has 1 aromatic heterocycles. The Hall–Kier alpha value is -3.63. The van der Waals surface area contributed by atoms with Crippen LogP contribution in [0.2, 0.25) is 0 Å². The molecule has 0 aliphatic rings. The van der Waals surface area contributed by atoms with Crippen LogP contribution in [-0.4, -0.2) is 42.3 Å². The molecule has 1 N–H and O–H groups in total. The van der Waals surface area contributed by atoms with Crippen molar-refractivity contribution in [2.45, 2.75) is 19.8 Å². The van der Waals surface area contributed by atoms with Gasteiger partial charge in [0.1, 0.15) is 5.75 Å². The maximum Gasteiger partial charge on any atom is 0.344 e. The van der Waals surface area contributed by atoms with E-state index in [0.29, 0.717) is 5.69 Å². The van der Waals surface area contributed by atoms with Crippen molar-refractivity contribution in [2.75, 3.05) is 25.6 Å². The first kappa shape index (κ1) is 20.7. The van der Waals surface area contributed by atoms with Gasteiger partial charge < -0.3 is 18.7 Å². The Kier molecular flexibility index (Phi) is 6.90. The van der Waals surface area contributed by atoms with E-state index in [-0.39, 0.29) is 29.0 Å². The summed E-state index contributed by atoms with van der Waals surface area (Å²) in [5, 5.41) is 17.0. The van der Waals surface area contributed by atoms with Crippen LogP contribution in [0.1, 0.15) is 25.5 Å². The smallest absolute Gasteiger partial charge is 0.344 e. The van der Waals surface area contributed by atoms with Crippen LogP contribution in [0, 0.1) is 10.1 Å². The van der Waals surface area contributed by atoms with Crippen molar-refractivity contribution in [2.24, 2.45) is 0 Å². The largest absolute Gasteiger partial charge is 0.490 e. The number of amides is 1. The molecule has 2 rings (SSSR count). The van der Waals surface area contributed by atoms with Gasteiger partial charge in [0.05, 0.1) is 17.7 Å². The van der Waals surface area contributed by atoms with Gasteiger partial charge in [0.15, 0.2) is 13.2 Å². The zero-order valence-corrected chi connectivity index (χ0v) is 15.5. The van der Waals surface area contributed by atoms with Gasteiger partial charge in [-0.15, -0.1) is 0 Å². The highest BCUT2D eigenvalue weighted by molar-refractivity contribution is 5.91. The van der Waals surface area contributed by atoms with E-state index in [1.54, 1.807) is 6.07 Å². The number of carbonyl (C=O) groups is 2. The Morgan fingerprint density at radius 3 is 2.64 bits per heavy atom. The zero-order valence-electron chi connectivity index (χ0n) is 15.5. The van der Waals surface area contributed by atoms with E-state index in [4.69, 9.17) is 18.7 Å². The average Bonchev–Trinajstić information content (AvgIpc) is 3.13. The first-order valence-corrected chi connectivity index (χ1v) is 8.17. The summed E-state index contributed by atoms with van der Waals surface area (Å²) in [6, 6.07) is 5.36. The van der Waals surface area contributed by atoms with E-state index >= 15 is 0 Å². The van der Waals surface area contributed by atoms with Gasteiger partial charge in [0.25, 0.3) is 5.91 Å². The standard InChI is InChI=1S/C17H19N3O8/c1-10(2)12-7-16(28-19-12)18-15(21)8-27-17(22)9-26-11-4-5-13(20(23)24)14(6-11)25-3/h4-7,10H,8-9H2,1-3H3,(H,18,21).